The van der Waals surface area contributed by atoms with Crippen LogP contribution in [0, 0.1) is 6.92 Å². The number of sulfonamides is 1. The second-order valence-electron chi connectivity index (χ2n) is 3.41. The summed E-state index contributed by atoms with van der Waals surface area (Å²) in [6.45, 7) is 2.17. The number of aryl methyl sites for hydroxylation is 1. The quantitative estimate of drug-likeness (QED) is 0.756. The van der Waals surface area contributed by atoms with Crippen LogP contribution in [0.15, 0.2) is 11.4 Å². The number of nitrogens with two attached hydrogens (primary N) is 1. The fourth-order valence-corrected chi connectivity index (χ4v) is 2.55. The molecule has 1 heterocycles. The predicted molar refractivity (Wildman–Crippen MR) is 64.0 cm³/mol. The van der Waals surface area contributed by atoms with Gasteiger partial charge in [0, 0.05) is 6.54 Å². The first-order chi connectivity index (χ1) is 7.40. The average Bonchev–Trinajstić information content (AvgIpc) is 2.57. The Morgan fingerprint density at radius 3 is 2.75 bits per heavy atom. The van der Waals surface area contributed by atoms with E-state index in [-0.39, 0.29) is 11.7 Å². The number of primary sulfonamides is 1. The van der Waals surface area contributed by atoms with Crippen LogP contribution in [0.25, 0.3) is 0 Å². The largest absolute Gasteiger partial charge is 0.351 e. The third kappa shape index (κ3) is 4.30. The second kappa shape index (κ2) is 5.42. The Hall–Kier alpha value is -0.920. The van der Waals surface area contributed by atoms with E-state index in [1.807, 2.05) is 18.4 Å². The van der Waals surface area contributed by atoms with Gasteiger partial charge in [-0.05, 0) is 30.4 Å². The number of hydrogen-bond donors (Lipinski definition) is 2. The highest BCUT2D eigenvalue weighted by Crippen LogP contribution is 2.14. The first-order valence-electron chi connectivity index (χ1n) is 4.73. The minimum Gasteiger partial charge on any atom is -0.351 e. The molecule has 3 N–H and O–H groups in total. The first-order valence-corrected chi connectivity index (χ1v) is 7.32. The van der Waals surface area contributed by atoms with Gasteiger partial charge in [-0.2, -0.15) is 0 Å². The van der Waals surface area contributed by atoms with E-state index < -0.39 is 10.0 Å². The van der Waals surface area contributed by atoms with Crippen molar-refractivity contribution in [3.05, 3.63) is 21.9 Å². The fraction of sp³-hybridized carbons (Fsp3) is 0.444. The Bertz CT molecular complexity index is 465. The van der Waals surface area contributed by atoms with Gasteiger partial charge in [0.1, 0.15) is 0 Å². The molecule has 0 aliphatic carbocycles. The molecule has 0 saturated heterocycles. The van der Waals surface area contributed by atoms with Crippen LogP contribution in [0.4, 0.5) is 0 Å². The lowest BCUT2D eigenvalue weighted by molar-refractivity contribution is 0.0957. The standard InChI is InChI=1S/C9H14N2O3S2/c1-7-3-5-15-8(7)9(12)11-4-2-6-16(10,13)14/h3,5H,2,4,6H2,1H3,(H,11,12)(H2,10,13,14). The number of carbonyl (C=O) groups is 1. The number of carbonyl (C=O) groups excluding carboxylic acids is 1. The van der Waals surface area contributed by atoms with Crippen molar-refractivity contribution in [3.63, 3.8) is 0 Å². The van der Waals surface area contributed by atoms with Crippen LogP contribution in [0.1, 0.15) is 21.7 Å². The van der Waals surface area contributed by atoms with Gasteiger partial charge in [-0.25, -0.2) is 13.6 Å². The topological polar surface area (TPSA) is 89.3 Å². The van der Waals surface area contributed by atoms with Gasteiger partial charge in [-0.3, -0.25) is 4.79 Å². The third-order valence-electron chi connectivity index (χ3n) is 1.96. The van der Waals surface area contributed by atoms with Crippen molar-refractivity contribution in [2.24, 2.45) is 5.14 Å². The minimum atomic E-state index is -3.43. The van der Waals surface area contributed by atoms with Crippen LogP contribution in [-0.2, 0) is 10.0 Å². The maximum absolute atomic E-state index is 11.6. The van der Waals surface area contributed by atoms with Gasteiger partial charge in [0.2, 0.25) is 10.0 Å². The molecule has 1 amide bonds. The highest BCUT2D eigenvalue weighted by molar-refractivity contribution is 7.89. The highest BCUT2D eigenvalue weighted by Gasteiger charge is 2.09. The lowest BCUT2D eigenvalue weighted by Crippen LogP contribution is -2.27. The van der Waals surface area contributed by atoms with E-state index in [4.69, 9.17) is 5.14 Å². The summed E-state index contributed by atoms with van der Waals surface area (Å²) >= 11 is 1.37. The molecule has 7 heteroatoms. The predicted octanol–water partition coefficient (Wildman–Crippen LogP) is 0.465. The molecule has 5 nitrogen and oxygen atoms in total. The Balaban J connectivity index is 2.35. The number of rotatable bonds is 5. The summed E-state index contributed by atoms with van der Waals surface area (Å²) in [5.41, 5.74) is 0.925. The van der Waals surface area contributed by atoms with Gasteiger partial charge in [0.25, 0.3) is 5.91 Å². The molecule has 0 radical (unpaired) electrons. The van der Waals surface area contributed by atoms with Crippen molar-refractivity contribution in [1.29, 1.82) is 0 Å². The molecule has 1 rings (SSSR count). The second-order valence-corrected chi connectivity index (χ2v) is 6.06. The molecule has 0 saturated carbocycles. The van der Waals surface area contributed by atoms with Gasteiger partial charge in [0.05, 0.1) is 10.6 Å². The lowest BCUT2D eigenvalue weighted by Gasteiger charge is -2.03. The van der Waals surface area contributed by atoms with Crippen LogP contribution >= 0.6 is 11.3 Å². The average molecular weight is 262 g/mol. The van der Waals surface area contributed by atoms with Crippen LogP contribution in [0.2, 0.25) is 0 Å². The first kappa shape index (κ1) is 13.1. The molecule has 0 aromatic carbocycles. The van der Waals surface area contributed by atoms with E-state index in [1.165, 1.54) is 11.3 Å². The monoisotopic (exact) mass is 262 g/mol. The van der Waals surface area contributed by atoms with E-state index in [1.54, 1.807) is 0 Å². The van der Waals surface area contributed by atoms with Crippen molar-refractivity contribution >= 4 is 27.3 Å². The zero-order chi connectivity index (χ0) is 12.2. The van der Waals surface area contributed by atoms with E-state index in [2.05, 4.69) is 5.32 Å². The maximum atomic E-state index is 11.6. The highest BCUT2D eigenvalue weighted by atomic mass is 32.2. The summed E-state index contributed by atoms with van der Waals surface area (Å²) in [4.78, 5) is 12.2. The summed E-state index contributed by atoms with van der Waals surface area (Å²) in [5, 5.41) is 9.32. The van der Waals surface area contributed by atoms with Crippen LogP contribution < -0.4 is 10.5 Å². The Morgan fingerprint density at radius 2 is 2.25 bits per heavy atom. The molecule has 0 spiro atoms. The Morgan fingerprint density at radius 1 is 1.56 bits per heavy atom. The van der Waals surface area contributed by atoms with Crippen molar-refractivity contribution in [3.8, 4) is 0 Å². The normalized spacial score (nSPS) is 11.4. The summed E-state index contributed by atoms with van der Waals surface area (Å²) in [6, 6.07) is 1.87. The number of thiophene rings is 1. The molecule has 16 heavy (non-hydrogen) atoms. The SMILES string of the molecule is Cc1ccsc1C(=O)NCCCS(N)(=O)=O. The smallest absolute Gasteiger partial charge is 0.261 e. The number of amides is 1. The van der Waals surface area contributed by atoms with Crippen LogP contribution in [0.3, 0.4) is 0 Å². The molecule has 0 atom stereocenters. The van der Waals surface area contributed by atoms with E-state index in [9.17, 15) is 13.2 Å². The van der Waals surface area contributed by atoms with Crippen molar-refractivity contribution in [1.82, 2.24) is 5.32 Å². The van der Waals surface area contributed by atoms with Crippen LogP contribution in [-0.4, -0.2) is 26.6 Å². The Kier molecular flexibility index (Phi) is 4.45. The third-order valence-corrected chi connectivity index (χ3v) is 3.83. The fourth-order valence-electron chi connectivity index (χ4n) is 1.16. The molecule has 0 aliphatic rings. The molecule has 0 aliphatic heterocycles. The number of nitrogens with one attached hydrogen (secondary N) is 1. The van der Waals surface area contributed by atoms with Crippen molar-refractivity contribution in [2.75, 3.05) is 12.3 Å². The zero-order valence-corrected chi connectivity index (χ0v) is 10.5. The molecule has 1 aromatic heterocycles. The van der Waals surface area contributed by atoms with E-state index in [0.717, 1.165) is 5.56 Å². The summed E-state index contributed by atoms with van der Waals surface area (Å²) < 4.78 is 21.3. The zero-order valence-electron chi connectivity index (χ0n) is 8.89. The van der Waals surface area contributed by atoms with Crippen LogP contribution in [0.5, 0.6) is 0 Å². The van der Waals surface area contributed by atoms with Gasteiger partial charge < -0.3 is 5.32 Å². The van der Waals surface area contributed by atoms with Gasteiger partial charge in [-0.1, -0.05) is 0 Å². The molecular formula is C9H14N2O3S2. The molecule has 0 unspecified atom stereocenters. The van der Waals surface area contributed by atoms with Gasteiger partial charge in [0.15, 0.2) is 0 Å². The van der Waals surface area contributed by atoms with Gasteiger partial charge >= 0.3 is 0 Å². The molecule has 90 valence electrons. The summed E-state index contributed by atoms with van der Waals surface area (Å²) in [6.07, 6.45) is 0.328. The lowest BCUT2D eigenvalue weighted by atomic mass is 10.3. The molecule has 0 fully saturated rings. The van der Waals surface area contributed by atoms with Crippen molar-refractivity contribution < 1.29 is 13.2 Å². The minimum absolute atomic E-state index is 0.114. The van der Waals surface area contributed by atoms with E-state index in [0.29, 0.717) is 17.8 Å². The molecular weight excluding hydrogens is 248 g/mol. The molecule has 1 aromatic rings. The Labute approximate surface area is 98.7 Å². The number of hydrogen-bond acceptors (Lipinski definition) is 4. The summed E-state index contributed by atoms with van der Waals surface area (Å²) in [7, 11) is -3.43. The summed E-state index contributed by atoms with van der Waals surface area (Å²) in [5.74, 6) is -0.279. The maximum Gasteiger partial charge on any atom is 0.261 e. The van der Waals surface area contributed by atoms with Crippen molar-refractivity contribution in [2.45, 2.75) is 13.3 Å². The van der Waals surface area contributed by atoms with Gasteiger partial charge in [-0.15, -0.1) is 11.3 Å². The van der Waals surface area contributed by atoms with E-state index >= 15 is 0 Å². The molecule has 0 bridgehead atoms.